The smallest absolute Gasteiger partial charge is 0.0588 e. The molecule has 2 nitrogen and oxygen atoms in total. The fourth-order valence-corrected chi connectivity index (χ4v) is 2.23. The van der Waals surface area contributed by atoms with E-state index in [-0.39, 0.29) is 0 Å². The van der Waals surface area contributed by atoms with Crippen molar-refractivity contribution in [2.24, 2.45) is 5.92 Å². The molecule has 1 aliphatic heterocycles. The molecule has 0 aromatic heterocycles. The Hall–Kier alpha value is -0.860. The zero-order valence-corrected chi connectivity index (χ0v) is 10.1. The van der Waals surface area contributed by atoms with Crippen molar-refractivity contribution in [3.05, 3.63) is 35.9 Å². The molecule has 1 aliphatic rings. The van der Waals surface area contributed by atoms with Crippen molar-refractivity contribution in [1.82, 2.24) is 5.32 Å². The predicted molar refractivity (Wildman–Crippen MR) is 66.4 cm³/mol. The molecule has 0 bridgehead atoms. The summed E-state index contributed by atoms with van der Waals surface area (Å²) in [5, 5.41) is 3.59. The maximum Gasteiger partial charge on any atom is 0.0588 e. The second-order valence-corrected chi connectivity index (χ2v) is 4.67. The quantitative estimate of drug-likeness (QED) is 0.840. The monoisotopic (exact) mass is 219 g/mol. The summed E-state index contributed by atoms with van der Waals surface area (Å²) in [5.74, 6) is 0.672. The summed E-state index contributed by atoms with van der Waals surface area (Å²) in [6, 6.07) is 11.0. The molecule has 88 valence electrons. The van der Waals surface area contributed by atoms with Crippen LogP contribution in [0.15, 0.2) is 30.3 Å². The van der Waals surface area contributed by atoms with Crippen LogP contribution in [-0.4, -0.2) is 19.3 Å². The van der Waals surface area contributed by atoms with Gasteiger partial charge in [0, 0.05) is 19.2 Å². The highest BCUT2D eigenvalue weighted by atomic mass is 16.5. The summed E-state index contributed by atoms with van der Waals surface area (Å²) in [5.41, 5.74) is 1.36. The van der Waals surface area contributed by atoms with E-state index in [9.17, 15) is 0 Å². The van der Waals surface area contributed by atoms with Crippen molar-refractivity contribution in [3.8, 4) is 0 Å². The van der Waals surface area contributed by atoms with Gasteiger partial charge in [0.15, 0.2) is 0 Å². The highest BCUT2D eigenvalue weighted by molar-refractivity contribution is 5.17. The highest BCUT2D eigenvalue weighted by Crippen LogP contribution is 2.20. The van der Waals surface area contributed by atoms with E-state index >= 15 is 0 Å². The molecule has 16 heavy (non-hydrogen) atoms. The fourth-order valence-electron chi connectivity index (χ4n) is 2.23. The lowest BCUT2D eigenvalue weighted by atomic mass is 10.0. The molecule has 1 fully saturated rings. The van der Waals surface area contributed by atoms with Gasteiger partial charge in [-0.1, -0.05) is 30.3 Å². The van der Waals surface area contributed by atoms with Crippen LogP contribution >= 0.6 is 0 Å². The van der Waals surface area contributed by atoms with Gasteiger partial charge < -0.3 is 10.1 Å². The molecule has 3 atom stereocenters. The summed E-state index contributed by atoms with van der Waals surface area (Å²) in [7, 11) is 0. The molecule has 1 aromatic rings. The molecule has 3 unspecified atom stereocenters. The first-order valence-electron chi connectivity index (χ1n) is 6.17. The largest absolute Gasteiger partial charge is 0.378 e. The Labute approximate surface area is 98.0 Å². The average molecular weight is 219 g/mol. The van der Waals surface area contributed by atoms with E-state index in [2.05, 4.69) is 49.5 Å². The Kier molecular flexibility index (Phi) is 3.97. The Morgan fingerprint density at radius 1 is 1.38 bits per heavy atom. The van der Waals surface area contributed by atoms with Crippen LogP contribution in [0.2, 0.25) is 0 Å². The molecule has 0 amide bonds. The van der Waals surface area contributed by atoms with Crippen molar-refractivity contribution in [3.63, 3.8) is 0 Å². The van der Waals surface area contributed by atoms with Gasteiger partial charge in [-0.05, 0) is 31.7 Å². The summed E-state index contributed by atoms with van der Waals surface area (Å²) >= 11 is 0. The maximum atomic E-state index is 5.56. The van der Waals surface area contributed by atoms with Gasteiger partial charge in [-0.15, -0.1) is 0 Å². The minimum absolute atomic E-state index is 0.412. The zero-order valence-electron chi connectivity index (χ0n) is 10.1. The van der Waals surface area contributed by atoms with E-state index in [1.807, 2.05) is 0 Å². The minimum Gasteiger partial charge on any atom is -0.378 e. The SMILES string of the molecule is CC(NCC1CCOC1C)c1ccccc1. The molecule has 0 aliphatic carbocycles. The van der Waals surface area contributed by atoms with E-state index in [0.29, 0.717) is 18.1 Å². The number of hydrogen-bond acceptors (Lipinski definition) is 2. The third-order valence-corrected chi connectivity index (χ3v) is 3.52. The summed E-state index contributed by atoms with van der Waals surface area (Å²) < 4.78 is 5.56. The molecule has 1 aromatic carbocycles. The van der Waals surface area contributed by atoms with E-state index in [4.69, 9.17) is 4.74 Å². The third kappa shape index (κ3) is 2.83. The third-order valence-electron chi connectivity index (χ3n) is 3.52. The fraction of sp³-hybridized carbons (Fsp3) is 0.571. The van der Waals surface area contributed by atoms with Crippen molar-refractivity contribution in [2.45, 2.75) is 32.4 Å². The standard InChI is InChI=1S/C14H21NO/c1-11(13-6-4-3-5-7-13)15-10-14-8-9-16-12(14)2/h3-7,11-12,14-15H,8-10H2,1-2H3. The zero-order chi connectivity index (χ0) is 11.4. The summed E-state index contributed by atoms with van der Waals surface area (Å²) in [6.07, 6.45) is 1.60. The van der Waals surface area contributed by atoms with Gasteiger partial charge in [0.2, 0.25) is 0 Å². The summed E-state index contributed by atoms with van der Waals surface area (Å²) in [6.45, 7) is 6.37. The predicted octanol–water partition coefficient (Wildman–Crippen LogP) is 2.76. The Morgan fingerprint density at radius 3 is 2.75 bits per heavy atom. The van der Waals surface area contributed by atoms with Gasteiger partial charge in [-0.25, -0.2) is 0 Å². The normalized spacial score (nSPS) is 26.9. The van der Waals surface area contributed by atoms with Crippen molar-refractivity contribution >= 4 is 0 Å². The maximum absolute atomic E-state index is 5.56. The first-order chi connectivity index (χ1) is 7.77. The molecular weight excluding hydrogens is 198 g/mol. The molecule has 1 saturated heterocycles. The van der Waals surface area contributed by atoms with E-state index in [0.717, 1.165) is 13.2 Å². The molecule has 2 heteroatoms. The van der Waals surface area contributed by atoms with Gasteiger partial charge >= 0.3 is 0 Å². The molecule has 2 rings (SSSR count). The molecule has 0 radical (unpaired) electrons. The van der Waals surface area contributed by atoms with Crippen LogP contribution in [0.3, 0.4) is 0 Å². The van der Waals surface area contributed by atoms with Crippen LogP contribution in [0.4, 0.5) is 0 Å². The van der Waals surface area contributed by atoms with E-state index in [1.165, 1.54) is 12.0 Å². The van der Waals surface area contributed by atoms with E-state index in [1.54, 1.807) is 0 Å². The molecule has 0 spiro atoms. The Morgan fingerprint density at radius 2 is 2.12 bits per heavy atom. The number of rotatable bonds is 4. The Bertz CT molecular complexity index is 312. The number of nitrogens with one attached hydrogen (secondary N) is 1. The van der Waals surface area contributed by atoms with Gasteiger partial charge in [-0.3, -0.25) is 0 Å². The minimum atomic E-state index is 0.412. The average Bonchev–Trinajstić information content (AvgIpc) is 2.73. The van der Waals surface area contributed by atoms with Crippen molar-refractivity contribution in [1.29, 1.82) is 0 Å². The van der Waals surface area contributed by atoms with Crippen LogP contribution in [0.5, 0.6) is 0 Å². The van der Waals surface area contributed by atoms with Crippen molar-refractivity contribution < 1.29 is 4.74 Å². The van der Waals surface area contributed by atoms with Gasteiger partial charge in [0.1, 0.15) is 0 Å². The molecule has 1 heterocycles. The van der Waals surface area contributed by atoms with Gasteiger partial charge in [0.25, 0.3) is 0 Å². The van der Waals surface area contributed by atoms with Crippen LogP contribution < -0.4 is 5.32 Å². The first kappa shape index (κ1) is 11.6. The van der Waals surface area contributed by atoms with Crippen LogP contribution in [0, 0.1) is 5.92 Å². The first-order valence-corrected chi connectivity index (χ1v) is 6.17. The molecular formula is C14H21NO. The van der Waals surface area contributed by atoms with Gasteiger partial charge in [-0.2, -0.15) is 0 Å². The lowest BCUT2D eigenvalue weighted by molar-refractivity contribution is 0.105. The van der Waals surface area contributed by atoms with Crippen LogP contribution in [-0.2, 0) is 4.74 Å². The summed E-state index contributed by atoms with van der Waals surface area (Å²) in [4.78, 5) is 0. The van der Waals surface area contributed by atoms with Crippen molar-refractivity contribution in [2.75, 3.05) is 13.2 Å². The van der Waals surface area contributed by atoms with Crippen LogP contribution in [0.25, 0.3) is 0 Å². The Balaban J connectivity index is 1.82. The lowest BCUT2D eigenvalue weighted by Gasteiger charge is -2.19. The second-order valence-electron chi connectivity index (χ2n) is 4.67. The topological polar surface area (TPSA) is 21.3 Å². The lowest BCUT2D eigenvalue weighted by Crippen LogP contribution is -2.29. The van der Waals surface area contributed by atoms with E-state index < -0.39 is 0 Å². The molecule has 0 saturated carbocycles. The van der Waals surface area contributed by atoms with Crippen LogP contribution in [0.1, 0.15) is 31.9 Å². The highest BCUT2D eigenvalue weighted by Gasteiger charge is 2.24. The number of benzene rings is 1. The number of hydrogen-bond donors (Lipinski definition) is 1. The van der Waals surface area contributed by atoms with Gasteiger partial charge in [0.05, 0.1) is 6.10 Å². The number of ether oxygens (including phenoxy) is 1. The second kappa shape index (κ2) is 5.46. The molecule has 1 N–H and O–H groups in total.